The number of alkyl halides is 4. The van der Waals surface area contributed by atoms with E-state index in [0.717, 1.165) is 19.3 Å². The molecule has 15 heteroatoms. The van der Waals surface area contributed by atoms with Gasteiger partial charge in [0, 0.05) is 23.2 Å². The van der Waals surface area contributed by atoms with Crippen LogP contribution in [-0.4, -0.2) is 55.1 Å². The summed E-state index contributed by atoms with van der Waals surface area (Å²) in [5.74, 6) is 0.991. The van der Waals surface area contributed by atoms with Crippen LogP contribution < -0.4 is 10.6 Å². The molecule has 4 fully saturated rings. The quantitative estimate of drug-likeness (QED) is 0.368. The minimum absolute atomic E-state index is 0.0243. The van der Waals surface area contributed by atoms with Gasteiger partial charge in [-0.15, -0.1) is 13.2 Å². The fraction of sp³-hybridized carbons (Fsp3) is 0.545. The number of H-pyrrole nitrogens is 1. The molecule has 198 valence electrons. The van der Waals surface area contributed by atoms with E-state index in [0.29, 0.717) is 29.4 Å². The molecule has 3 N–H and O–H groups in total. The number of amides is 1. The minimum atomic E-state index is -4.79. The molecule has 1 amide bonds. The summed E-state index contributed by atoms with van der Waals surface area (Å²) >= 11 is 6.05. The molecule has 0 aromatic carbocycles. The molecule has 3 atom stereocenters. The average Bonchev–Trinajstić information content (AvgIpc) is 3.47. The number of fused-ring (bicyclic) bond motifs is 1. The molecule has 10 nitrogen and oxygen atoms in total. The van der Waals surface area contributed by atoms with Gasteiger partial charge in [-0.2, -0.15) is 10.2 Å². The number of nitrogens with zero attached hydrogens (tertiary/aromatic N) is 4. The van der Waals surface area contributed by atoms with Crippen molar-refractivity contribution >= 4 is 34.8 Å². The van der Waals surface area contributed by atoms with E-state index in [4.69, 9.17) is 16.3 Å². The summed E-state index contributed by atoms with van der Waals surface area (Å²) in [4.78, 5) is 16.4. The maximum atomic E-state index is 14.7. The molecule has 0 radical (unpaired) electrons. The van der Waals surface area contributed by atoms with Gasteiger partial charge in [0.15, 0.2) is 11.6 Å². The van der Waals surface area contributed by atoms with E-state index in [1.54, 1.807) is 6.07 Å². The van der Waals surface area contributed by atoms with Crippen molar-refractivity contribution in [1.82, 2.24) is 30.1 Å². The lowest BCUT2D eigenvalue weighted by molar-refractivity contribution is -0.330. The SMILES string of the molecule is O=C(NC12CC(C1)C2)O[C@H]1C[C@@H](c2cc(Nc3nc(Cl)cn4nc(COC(F)(F)F)cc34)n[nH]2)C[C@H]1F. The topological polar surface area (TPSA) is 118 Å². The lowest BCUT2D eigenvalue weighted by Gasteiger charge is -2.61. The molecular formula is C22H22ClF4N7O3. The first-order valence-corrected chi connectivity index (χ1v) is 12.1. The van der Waals surface area contributed by atoms with Crippen LogP contribution >= 0.6 is 11.6 Å². The number of anilines is 2. The van der Waals surface area contributed by atoms with Crippen LogP contribution in [0.1, 0.15) is 49.4 Å². The molecule has 0 saturated heterocycles. The number of ether oxygens (including phenoxy) is 2. The Morgan fingerprint density at radius 1 is 1.27 bits per heavy atom. The van der Waals surface area contributed by atoms with Gasteiger partial charge in [-0.3, -0.25) is 9.84 Å². The van der Waals surface area contributed by atoms with Gasteiger partial charge in [-0.05, 0) is 44.1 Å². The van der Waals surface area contributed by atoms with Crippen molar-refractivity contribution in [2.45, 2.75) is 68.8 Å². The third-order valence-electron chi connectivity index (χ3n) is 7.24. The summed E-state index contributed by atoms with van der Waals surface area (Å²) in [6.07, 6.45) is -2.81. The molecule has 4 saturated carbocycles. The fourth-order valence-electron chi connectivity index (χ4n) is 5.40. The maximum Gasteiger partial charge on any atom is 0.522 e. The second-order valence-corrected chi connectivity index (χ2v) is 10.3. The molecule has 3 aromatic heterocycles. The number of halogens is 5. The van der Waals surface area contributed by atoms with Crippen molar-refractivity contribution in [3.63, 3.8) is 0 Å². The van der Waals surface area contributed by atoms with Crippen molar-refractivity contribution in [3.05, 3.63) is 34.9 Å². The van der Waals surface area contributed by atoms with Crippen molar-refractivity contribution in [3.8, 4) is 0 Å². The van der Waals surface area contributed by atoms with E-state index in [1.807, 2.05) is 0 Å². The van der Waals surface area contributed by atoms with Crippen LogP contribution in [-0.2, 0) is 16.1 Å². The van der Waals surface area contributed by atoms with Crippen LogP contribution in [0.4, 0.5) is 34.0 Å². The molecule has 0 spiro atoms. The molecule has 2 bridgehead atoms. The number of carbonyl (C=O) groups excluding carboxylic acids is 1. The Hall–Kier alpha value is -3.13. The second kappa shape index (κ2) is 8.72. The number of nitrogens with one attached hydrogen (secondary N) is 3. The van der Waals surface area contributed by atoms with Gasteiger partial charge >= 0.3 is 12.5 Å². The first-order chi connectivity index (χ1) is 17.5. The zero-order valence-electron chi connectivity index (χ0n) is 19.2. The largest absolute Gasteiger partial charge is 0.522 e. The van der Waals surface area contributed by atoms with Crippen molar-refractivity contribution in [1.29, 1.82) is 0 Å². The number of aromatic nitrogens is 5. The number of rotatable bonds is 7. The molecule has 37 heavy (non-hydrogen) atoms. The summed E-state index contributed by atoms with van der Waals surface area (Å²) in [5, 5.41) is 17.0. The molecule has 3 aromatic rings. The molecule has 0 unspecified atom stereocenters. The molecule has 4 aliphatic rings. The summed E-state index contributed by atoms with van der Waals surface area (Å²) in [5.41, 5.74) is 0.873. The highest BCUT2D eigenvalue weighted by molar-refractivity contribution is 6.29. The normalized spacial score (nSPS) is 28.6. The first-order valence-electron chi connectivity index (χ1n) is 11.7. The van der Waals surface area contributed by atoms with Crippen molar-refractivity contribution in [2.75, 3.05) is 5.32 Å². The second-order valence-electron chi connectivity index (χ2n) is 9.96. The summed E-state index contributed by atoms with van der Waals surface area (Å²) in [6.45, 7) is -0.774. The van der Waals surface area contributed by atoms with Crippen LogP contribution in [0.15, 0.2) is 18.3 Å². The number of alkyl carbamates (subject to hydrolysis) is 1. The summed E-state index contributed by atoms with van der Waals surface area (Å²) < 4.78 is 62.3. The van der Waals surface area contributed by atoms with Gasteiger partial charge in [0.1, 0.15) is 29.6 Å². The predicted molar refractivity (Wildman–Crippen MR) is 121 cm³/mol. The van der Waals surface area contributed by atoms with E-state index in [1.165, 1.54) is 16.8 Å². The van der Waals surface area contributed by atoms with Crippen molar-refractivity contribution < 1.29 is 31.8 Å². The zero-order valence-corrected chi connectivity index (χ0v) is 19.9. The van der Waals surface area contributed by atoms with Crippen LogP contribution in [0.5, 0.6) is 0 Å². The third kappa shape index (κ3) is 4.91. The van der Waals surface area contributed by atoms with Crippen LogP contribution in [0.25, 0.3) is 5.52 Å². The lowest BCUT2D eigenvalue weighted by atomic mass is 9.50. The van der Waals surface area contributed by atoms with E-state index < -0.39 is 31.3 Å². The lowest BCUT2D eigenvalue weighted by Crippen LogP contribution is -2.68. The minimum Gasteiger partial charge on any atom is -0.443 e. The van der Waals surface area contributed by atoms with Crippen LogP contribution in [0.2, 0.25) is 5.15 Å². The Morgan fingerprint density at radius 2 is 2.05 bits per heavy atom. The van der Waals surface area contributed by atoms with Crippen LogP contribution in [0.3, 0.4) is 0 Å². The molecular weight excluding hydrogens is 522 g/mol. The van der Waals surface area contributed by atoms with Gasteiger partial charge in [0.05, 0.1) is 11.9 Å². The maximum absolute atomic E-state index is 14.7. The Kier molecular flexibility index (Phi) is 5.71. The Labute approximate surface area is 212 Å². The molecule has 0 aliphatic heterocycles. The molecule has 3 heterocycles. The highest BCUT2D eigenvalue weighted by Gasteiger charge is 2.58. The Balaban J connectivity index is 1.11. The number of aromatic amines is 1. The summed E-state index contributed by atoms with van der Waals surface area (Å²) in [6, 6.07) is 3.06. The fourth-order valence-corrected chi connectivity index (χ4v) is 5.58. The van der Waals surface area contributed by atoms with E-state index in [-0.39, 0.29) is 34.5 Å². The van der Waals surface area contributed by atoms with E-state index in [2.05, 4.69) is 35.7 Å². The molecule has 4 aliphatic carbocycles. The van der Waals surface area contributed by atoms with Gasteiger partial charge in [-0.1, -0.05) is 11.6 Å². The zero-order chi connectivity index (χ0) is 25.9. The number of carbonyl (C=O) groups is 1. The number of hydrogen-bond acceptors (Lipinski definition) is 7. The Morgan fingerprint density at radius 3 is 2.76 bits per heavy atom. The smallest absolute Gasteiger partial charge is 0.443 e. The first kappa shape index (κ1) is 24.2. The highest BCUT2D eigenvalue weighted by atomic mass is 35.5. The standard InChI is InChI=1S/C22H22ClF4N7O3/c23-17-8-34-15(3-12(33-34)9-36-22(25,26)27)19(28-17)29-18-4-14(31-32-18)11-1-13(24)16(2-11)37-20(35)30-21-5-10(6-21)7-21/h3-4,8,10-11,13,16H,1-2,5-7,9H2,(H,30,35)(H2,28,29,31,32)/t10?,11-,13+,16-,21?/m0/s1. The van der Waals surface area contributed by atoms with Gasteiger partial charge in [-0.25, -0.2) is 18.7 Å². The predicted octanol–water partition coefficient (Wildman–Crippen LogP) is 4.75. The third-order valence-corrected chi connectivity index (χ3v) is 7.42. The van der Waals surface area contributed by atoms with Crippen molar-refractivity contribution in [2.24, 2.45) is 5.92 Å². The highest BCUT2D eigenvalue weighted by Crippen LogP contribution is 2.57. The average molecular weight is 544 g/mol. The Bertz CT molecular complexity index is 1330. The molecule has 7 rings (SSSR count). The summed E-state index contributed by atoms with van der Waals surface area (Å²) in [7, 11) is 0. The number of hydrogen-bond donors (Lipinski definition) is 3. The van der Waals surface area contributed by atoms with E-state index >= 15 is 0 Å². The van der Waals surface area contributed by atoms with Crippen LogP contribution in [0, 0.1) is 5.92 Å². The van der Waals surface area contributed by atoms with Gasteiger partial charge in [0.25, 0.3) is 0 Å². The monoisotopic (exact) mass is 543 g/mol. The van der Waals surface area contributed by atoms with Gasteiger partial charge in [0.2, 0.25) is 0 Å². The van der Waals surface area contributed by atoms with Gasteiger partial charge < -0.3 is 15.4 Å². The van der Waals surface area contributed by atoms with E-state index in [9.17, 15) is 22.4 Å².